The molecule has 0 amide bonds. The molecule has 1 aromatic heterocycles. The molecule has 1 aliphatic heterocycles. The second-order valence-electron chi connectivity index (χ2n) is 5.50. The molecule has 1 saturated heterocycles. The summed E-state index contributed by atoms with van der Waals surface area (Å²) in [5, 5.41) is 5.23. The fourth-order valence-electron chi connectivity index (χ4n) is 2.62. The van der Waals surface area contributed by atoms with Crippen LogP contribution in [0.1, 0.15) is 13.3 Å². The maximum absolute atomic E-state index is 12.5. The molecule has 1 aliphatic rings. The number of anilines is 1. The summed E-state index contributed by atoms with van der Waals surface area (Å²) in [6.45, 7) is 3.94. The number of hydrogen-bond donors (Lipinski definition) is 0. The Morgan fingerprint density at radius 1 is 1.23 bits per heavy atom. The minimum absolute atomic E-state index is 0.162. The zero-order valence-electron chi connectivity index (χ0n) is 11.9. The van der Waals surface area contributed by atoms with Crippen LogP contribution < -0.4 is 10.5 Å². The van der Waals surface area contributed by atoms with E-state index in [-0.39, 0.29) is 10.6 Å². The van der Waals surface area contributed by atoms with Crippen molar-refractivity contribution in [3.63, 3.8) is 0 Å². The van der Waals surface area contributed by atoms with Crippen molar-refractivity contribution in [2.24, 2.45) is 5.92 Å². The number of benzene rings is 1. The molecule has 7 heteroatoms. The molecule has 1 atom stereocenters. The van der Waals surface area contributed by atoms with E-state index in [1.807, 2.05) is 0 Å². The maximum Gasteiger partial charge on any atom is 0.292 e. The summed E-state index contributed by atoms with van der Waals surface area (Å²) in [6.07, 6.45) is 2.70. The summed E-state index contributed by atoms with van der Waals surface area (Å²) >= 11 is 18.3. The Kier molecular flexibility index (Phi) is 4.35. The first-order valence-corrected chi connectivity index (χ1v) is 8.09. The second kappa shape index (κ2) is 6.11. The third kappa shape index (κ3) is 2.83. The van der Waals surface area contributed by atoms with Gasteiger partial charge in [0, 0.05) is 18.1 Å². The molecule has 0 spiro atoms. The van der Waals surface area contributed by atoms with Gasteiger partial charge in [-0.25, -0.2) is 0 Å². The lowest BCUT2D eigenvalue weighted by Gasteiger charge is -2.19. The molecule has 116 valence electrons. The van der Waals surface area contributed by atoms with Gasteiger partial charge in [-0.3, -0.25) is 4.79 Å². The van der Waals surface area contributed by atoms with E-state index < -0.39 is 0 Å². The van der Waals surface area contributed by atoms with E-state index in [0.717, 1.165) is 19.5 Å². The van der Waals surface area contributed by atoms with Gasteiger partial charge in [0.15, 0.2) is 0 Å². The molecule has 0 N–H and O–H groups in total. The summed E-state index contributed by atoms with van der Waals surface area (Å²) in [5.41, 5.74) is 0.750. The van der Waals surface area contributed by atoms with Gasteiger partial charge in [-0.15, -0.1) is 0 Å². The van der Waals surface area contributed by atoms with Crippen LogP contribution >= 0.6 is 34.8 Å². The van der Waals surface area contributed by atoms with E-state index in [9.17, 15) is 4.79 Å². The standard InChI is InChI=1S/C15H14Cl3N3O/c1-9-4-5-20(8-9)13-7-19-21(15(22)14(13)18)12-3-2-10(16)6-11(12)17/h2-3,6-7,9H,4-5,8H2,1H3. The van der Waals surface area contributed by atoms with Crippen molar-refractivity contribution < 1.29 is 0 Å². The molecule has 1 fully saturated rings. The van der Waals surface area contributed by atoms with Gasteiger partial charge in [-0.2, -0.15) is 9.78 Å². The quantitative estimate of drug-likeness (QED) is 0.813. The van der Waals surface area contributed by atoms with Crippen LogP contribution in [0.25, 0.3) is 5.69 Å². The lowest BCUT2D eigenvalue weighted by atomic mass is 10.2. The van der Waals surface area contributed by atoms with Gasteiger partial charge in [-0.1, -0.05) is 41.7 Å². The van der Waals surface area contributed by atoms with Crippen LogP contribution in [0.5, 0.6) is 0 Å². The van der Waals surface area contributed by atoms with Crippen LogP contribution in [-0.4, -0.2) is 22.9 Å². The third-order valence-corrected chi connectivity index (χ3v) is 4.70. The Labute approximate surface area is 143 Å². The van der Waals surface area contributed by atoms with Crippen LogP contribution in [0.15, 0.2) is 29.2 Å². The van der Waals surface area contributed by atoms with E-state index in [0.29, 0.717) is 27.3 Å². The van der Waals surface area contributed by atoms with Crippen LogP contribution in [-0.2, 0) is 0 Å². The molecule has 22 heavy (non-hydrogen) atoms. The Morgan fingerprint density at radius 3 is 2.64 bits per heavy atom. The number of halogens is 3. The first-order chi connectivity index (χ1) is 10.5. The highest BCUT2D eigenvalue weighted by Gasteiger charge is 2.23. The summed E-state index contributed by atoms with van der Waals surface area (Å²) in [4.78, 5) is 14.6. The Morgan fingerprint density at radius 2 is 2.00 bits per heavy atom. The van der Waals surface area contributed by atoms with E-state index in [4.69, 9.17) is 34.8 Å². The number of aromatic nitrogens is 2. The predicted octanol–water partition coefficient (Wildman–Crippen LogP) is 4.04. The van der Waals surface area contributed by atoms with Crippen molar-refractivity contribution in [2.75, 3.05) is 18.0 Å². The van der Waals surface area contributed by atoms with Gasteiger partial charge in [0.25, 0.3) is 5.56 Å². The van der Waals surface area contributed by atoms with Crippen molar-refractivity contribution in [2.45, 2.75) is 13.3 Å². The van der Waals surface area contributed by atoms with Crippen molar-refractivity contribution >= 4 is 40.5 Å². The van der Waals surface area contributed by atoms with Crippen LogP contribution in [0, 0.1) is 5.92 Å². The van der Waals surface area contributed by atoms with Crippen molar-refractivity contribution in [1.82, 2.24) is 9.78 Å². The van der Waals surface area contributed by atoms with E-state index >= 15 is 0 Å². The highest BCUT2D eigenvalue weighted by atomic mass is 35.5. The molecular weight excluding hydrogens is 345 g/mol. The molecule has 1 unspecified atom stereocenters. The molecule has 0 bridgehead atoms. The number of rotatable bonds is 2. The monoisotopic (exact) mass is 357 g/mol. The largest absolute Gasteiger partial charge is 0.369 e. The average Bonchev–Trinajstić information content (AvgIpc) is 2.89. The van der Waals surface area contributed by atoms with Gasteiger partial charge in [0.05, 0.1) is 22.6 Å². The Bertz CT molecular complexity index is 775. The zero-order valence-corrected chi connectivity index (χ0v) is 14.2. The number of hydrogen-bond acceptors (Lipinski definition) is 3. The predicted molar refractivity (Wildman–Crippen MR) is 90.9 cm³/mol. The maximum atomic E-state index is 12.5. The summed E-state index contributed by atoms with van der Waals surface area (Å²) < 4.78 is 1.20. The second-order valence-corrected chi connectivity index (χ2v) is 6.72. The SMILES string of the molecule is CC1CCN(c2cnn(-c3ccc(Cl)cc3Cl)c(=O)c2Cl)C1. The van der Waals surface area contributed by atoms with Crippen LogP contribution in [0.2, 0.25) is 15.1 Å². The molecule has 0 aliphatic carbocycles. The molecule has 0 radical (unpaired) electrons. The van der Waals surface area contributed by atoms with Gasteiger partial charge in [-0.05, 0) is 30.5 Å². The summed E-state index contributed by atoms with van der Waals surface area (Å²) in [7, 11) is 0. The Hall–Kier alpha value is -1.23. The van der Waals surface area contributed by atoms with Gasteiger partial charge < -0.3 is 4.90 Å². The molecule has 2 heterocycles. The van der Waals surface area contributed by atoms with E-state index in [1.54, 1.807) is 24.4 Å². The number of nitrogens with zero attached hydrogens (tertiary/aromatic N) is 3. The molecule has 3 rings (SSSR count). The van der Waals surface area contributed by atoms with Gasteiger partial charge in [0.1, 0.15) is 5.02 Å². The van der Waals surface area contributed by atoms with Crippen LogP contribution in [0.3, 0.4) is 0 Å². The normalized spacial score (nSPS) is 18.0. The van der Waals surface area contributed by atoms with E-state index in [1.165, 1.54) is 4.68 Å². The van der Waals surface area contributed by atoms with Crippen molar-refractivity contribution in [3.05, 3.63) is 49.8 Å². The first kappa shape index (κ1) is 15.7. The average molecular weight is 359 g/mol. The fourth-order valence-corrected chi connectivity index (χ4v) is 3.36. The molecule has 2 aromatic rings. The van der Waals surface area contributed by atoms with E-state index in [2.05, 4.69) is 16.9 Å². The topological polar surface area (TPSA) is 38.1 Å². The summed E-state index contributed by atoms with van der Waals surface area (Å²) in [5.74, 6) is 0.587. The molecule has 1 aromatic carbocycles. The van der Waals surface area contributed by atoms with Gasteiger partial charge in [0.2, 0.25) is 0 Å². The van der Waals surface area contributed by atoms with Crippen molar-refractivity contribution in [1.29, 1.82) is 0 Å². The van der Waals surface area contributed by atoms with Crippen molar-refractivity contribution in [3.8, 4) is 5.69 Å². The summed E-state index contributed by atoms with van der Waals surface area (Å²) in [6, 6.07) is 4.87. The first-order valence-electron chi connectivity index (χ1n) is 6.95. The smallest absolute Gasteiger partial charge is 0.292 e. The molecule has 4 nitrogen and oxygen atoms in total. The zero-order chi connectivity index (χ0) is 15.9. The lowest BCUT2D eigenvalue weighted by molar-refractivity contribution is 0.659. The minimum atomic E-state index is -0.386. The van der Waals surface area contributed by atoms with Crippen LogP contribution in [0.4, 0.5) is 5.69 Å². The van der Waals surface area contributed by atoms with Gasteiger partial charge >= 0.3 is 0 Å². The highest BCUT2D eigenvalue weighted by molar-refractivity contribution is 6.36. The lowest BCUT2D eigenvalue weighted by Crippen LogP contribution is -2.27. The Balaban J connectivity index is 2.05. The third-order valence-electron chi connectivity index (χ3n) is 3.80. The fraction of sp³-hybridized carbons (Fsp3) is 0.333. The highest BCUT2D eigenvalue weighted by Crippen LogP contribution is 2.28. The minimum Gasteiger partial charge on any atom is -0.369 e. The molecule has 0 saturated carbocycles. The molecular formula is C15H14Cl3N3O.